The number of methoxy groups -OCH3 is 1. The van der Waals surface area contributed by atoms with Crippen LogP contribution in [0.3, 0.4) is 0 Å². The lowest BCUT2D eigenvalue weighted by atomic mass is 10.0. The van der Waals surface area contributed by atoms with Crippen molar-refractivity contribution >= 4 is 15.9 Å². The Morgan fingerprint density at radius 3 is 2.59 bits per heavy atom. The summed E-state index contributed by atoms with van der Waals surface area (Å²) in [5.41, 5.74) is 0.604. The number of sulfonamides is 1. The molecule has 0 aromatic heterocycles. The van der Waals surface area contributed by atoms with Gasteiger partial charge in [-0.1, -0.05) is 13.8 Å². The highest BCUT2D eigenvalue weighted by Crippen LogP contribution is 2.27. The lowest BCUT2D eigenvalue weighted by Gasteiger charge is -2.36. The quantitative estimate of drug-likeness (QED) is 0.900. The maximum atomic E-state index is 13.0. The van der Waals surface area contributed by atoms with Crippen molar-refractivity contribution in [1.29, 1.82) is 0 Å². The predicted molar refractivity (Wildman–Crippen MR) is 83.3 cm³/mol. The van der Waals surface area contributed by atoms with E-state index in [1.807, 2.05) is 13.8 Å². The van der Waals surface area contributed by atoms with Gasteiger partial charge in [-0.2, -0.15) is 4.31 Å². The number of hydrogen-bond donors (Lipinski definition) is 1. The van der Waals surface area contributed by atoms with Crippen LogP contribution in [0.4, 0.5) is 0 Å². The van der Waals surface area contributed by atoms with Gasteiger partial charge in [-0.15, -0.1) is 0 Å². The van der Waals surface area contributed by atoms with E-state index in [9.17, 15) is 13.2 Å². The normalized spacial score (nSPS) is 20.0. The lowest BCUT2D eigenvalue weighted by molar-refractivity contribution is -0.128. The number of piperazine rings is 1. The third-order valence-electron chi connectivity index (χ3n) is 3.81. The van der Waals surface area contributed by atoms with E-state index < -0.39 is 16.1 Å². The van der Waals surface area contributed by atoms with Gasteiger partial charge in [0.05, 0.1) is 12.0 Å². The maximum Gasteiger partial charge on any atom is 0.244 e. The molecule has 1 amide bonds. The van der Waals surface area contributed by atoms with Crippen LogP contribution >= 0.6 is 0 Å². The molecule has 0 bridgehead atoms. The standard InChI is InChI=1S/C15H22N2O4S/c1-10(2)14-15(18)16-7-8-17(14)22(19,20)13-6-5-12(21-4)9-11(13)3/h5-6,9-10,14H,7-8H2,1-4H3,(H,16,18). The summed E-state index contributed by atoms with van der Waals surface area (Å²) in [6.07, 6.45) is 0. The fourth-order valence-corrected chi connectivity index (χ4v) is 4.66. The first-order valence-electron chi connectivity index (χ1n) is 7.23. The van der Waals surface area contributed by atoms with Crippen LogP contribution in [0.1, 0.15) is 19.4 Å². The fourth-order valence-electron chi connectivity index (χ4n) is 2.73. The molecule has 2 rings (SSSR count). The number of amides is 1. The van der Waals surface area contributed by atoms with Crippen molar-refractivity contribution in [1.82, 2.24) is 9.62 Å². The summed E-state index contributed by atoms with van der Waals surface area (Å²) < 4.78 is 32.4. The van der Waals surface area contributed by atoms with Crippen molar-refractivity contribution in [3.63, 3.8) is 0 Å². The molecule has 0 spiro atoms. The van der Waals surface area contributed by atoms with Crippen molar-refractivity contribution in [2.24, 2.45) is 5.92 Å². The van der Waals surface area contributed by atoms with E-state index in [1.165, 1.54) is 17.5 Å². The summed E-state index contributed by atoms with van der Waals surface area (Å²) in [6.45, 7) is 6.03. The first kappa shape index (κ1) is 16.8. The van der Waals surface area contributed by atoms with Crippen molar-refractivity contribution < 1.29 is 17.9 Å². The third kappa shape index (κ3) is 2.96. The molecule has 0 saturated carbocycles. The molecule has 0 aliphatic carbocycles. The summed E-state index contributed by atoms with van der Waals surface area (Å²) in [4.78, 5) is 12.3. The number of carbonyl (C=O) groups is 1. The molecule has 1 N–H and O–H groups in total. The smallest absolute Gasteiger partial charge is 0.244 e. The Morgan fingerprint density at radius 2 is 2.05 bits per heavy atom. The predicted octanol–water partition coefficient (Wildman–Crippen LogP) is 1.15. The minimum absolute atomic E-state index is 0.103. The van der Waals surface area contributed by atoms with Gasteiger partial charge in [-0.05, 0) is 36.6 Å². The Kier molecular flexibility index (Phi) is 4.77. The van der Waals surface area contributed by atoms with E-state index in [1.54, 1.807) is 19.1 Å². The number of hydrogen-bond acceptors (Lipinski definition) is 4. The second-order valence-corrected chi connectivity index (χ2v) is 7.59. The number of benzene rings is 1. The van der Waals surface area contributed by atoms with Crippen molar-refractivity contribution in [2.75, 3.05) is 20.2 Å². The fraction of sp³-hybridized carbons (Fsp3) is 0.533. The highest BCUT2D eigenvalue weighted by molar-refractivity contribution is 7.89. The van der Waals surface area contributed by atoms with Crippen LogP contribution in [0.5, 0.6) is 5.75 Å². The van der Waals surface area contributed by atoms with Crippen LogP contribution < -0.4 is 10.1 Å². The van der Waals surface area contributed by atoms with Gasteiger partial charge >= 0.3 is 0 Å². The van der Waals surface area contributed by atoms with Gasteiger partial charge in [0.2, 0.25) is 15.9 Å². The first-order chi connectivity index (χ1) is 10.3. The Morgan fingerprint density at radius 1 is 1.36 bits per heavy atom. The molecule has 1 unspecified atom stereocenters. The molecule has 7 heteroatoms. The number of rotatable bonds is 4. The van der Waals surface area contributed by atoms with Crippen LogP contribution in [0.25, 0.3) is 0 Å². The molecule has 1 heterocycles. The zero-order valence-corrected chi connectivity index (χ0v) is 14.1. The van der Waals surface area contributed by atoms with Gasteiger partial charge in [-0.25, -0.2) is 8.42 Å². The molecular weight excluding hydrogens is 304 g/mol. The molecule has 1 fully saturated rings. The van der Waals surface area contributed by atoms with Crippen molar-refractivity contribution in [3.8, 4) is 5.75 Å². The van der Waals surface area contributed by atoms with Gasteiger partial charge < -0.3 is 10.1 Å². The van der Waals surface area contributed by atoms with E-state index in [-0.39, 0.29) is 23.3 Å². The number of ether oxygens (including phenoxy) is 1. The molecule has 1 saturated heterocycles. The number of aryl methyl sites for hydroxylation is 1. The van der Waals surface area contributed by atoms with E-state index in [2.05, 4.69) is 5.32 Å². The van der Waals surface area contributed by atoms with Crippen LogP contribution in [-0.2, 0) is 14.8 Å². The molecule has 22 heavy (non-hydrogen) atoms. The van der Waals surface area contributed by atoms with Gasteiger partial charge in [0.25, 0.3) is 0 Å². The molecule has 1 aliphatic heterocycles. The zero-order chi connectivity index (χ0) is 16.5. The van der Waals surface area contributed by atoms with Gasteiger partial charge in [0, 0.05) is 13.1 Å². The monoisotopic (exact) mass is 326 g/mol. The van der Waals surface area contributed by atoms with E-state index in [4.69, 9.17) is 4.74 Å². The second-order valence-electron chi connectivity index (χ2n) is 5.73. The molecule has 122 valence electrons. The SMILES string of the molecule is COc1ccc(S(=O)(=O)N2CCNC(=O)C2C(C)C)c(C)c1. The van der Waals surface area contributed by atoms with E-state index >= 15 is 0 Å². The molecule has 1 aromatic rings. The summed E-state index contributed by atoms with van der Waals surface area (Å²) in [5.74, 6) is 0.262. The zero-order valence-electron chi connectivity index (χ0n) is 13.3. The first-order valence-corrected chi connectivity index (χ1v) is 8.67. The van der Waals surface area contributed by atoms with Crippen molar-refractivity contribution in [2.45, 2.75) is 31.7 Å². The van der Waals surface area contributed by atoms with E-state index in [0.717, 1.165) is 0 Å². The average Bonchev–Trinajstić information content (AvgIpc) is 2.46. The molecular formula is C15H22N2O4S. The Bertz CT molecular complexity index is 670. The molecule has 6 nitrogen and oxygen atoms in total. The molecule has 1 aliphatic rings. The summed E-state index contributed by atoms with van der Waals surface area (Å²) in [5, 5.41) is 2.73. The van der Waals surface area contributed by atoms with Crippen molar-refractivity contribution in [3.05, 3.63) is 23.8 Å². The Hall–Kier alpha value is -1.60. The average molecular weight is 326 g/mol. The van der Waals surface area contributed by atoms with Gasteiger partial charge in [-0.3, -0.25) is 4.79 Å². The Labute approximate surface area is 131 Å². The summed E-state index contributed by atoms with van der Waals surface area (Å²) in [6, 6.07) is 4.16. The minimum atomic E-state index is -3.73. The largest absolute Gasteiger partial charge is 0.497 e. The molecule has 1 atom stereocenters. The van der Waals surface area contributed by atoms with E-state index in [0.29, 0.717) is 17.9 Å². The summed E-state index contributed by atoms with van der Waals surface area (Å²) in [7, 11) is -2.19. The third-order valence-corrected chi connectivity index (χ3v) is 5.85. The molecule has 1 aromatic carbocycles. The van der Waals surface area contributed by atoms with Crippen LogP contribution in [0.2, 0.25) is 0 Å². The lowest BCUT2D eigenvalue weighted by Crippen LogP contribution is -2.59. The van der Waals surface area contributed by atoms with Gasteiger partial charge in [0.15, 0.2) is 0 Å². The summed E-state index contributed by atoms with van der Waals surface area (Å²) >= 11 is 0. The Balaban J connectivity index is 2.46. The van der Waals surface area contributed by atoms with Crippen LogP contribution in [-0.4, -0.2) is 44.9 Å². The number of nitrogens with one attached hydrogen (secondary N) is 1. The van der Waals surface area contributed by atoms with Gasteiger partial charge in [0.1, 0.15) is 11.8 Å². The minimum Gasteiger partial charge on any atom is -0.497 e. The maximum absolute atomic E-state index is 13.0. The topological polar surface area (TPSA) is 75.7 Å². The number of nitrogens with zero attached hydrogens (tertiary/aromatic N) is 1. The molecule has 0 radical (unpaired) electrons. The number of carbonyl (C=O) groups excluding carboxylic acids is 1. The second kappa shape index (κ2) is 6.26. The van der Waals surface area contributed by atoms with Crippen LogP contribution in [0, 0.1) is 12.8 Å². The highest BCUT2D eigenvalue weighted by Gasteiger charge is 2.40. The van der Waals surface area contributed by atoms with Crippen LogP contribution in [0.15, 0.2) is 23.1 Å². The highest BCUT2D eigenvalue weighted by atomic mass is 32.2.